The van der Waals surface area contributed by atoms with Gasteiger partial charge in [-0.3, -0.25) is 4.90 Å². The number of fused-ring (bicyclic) bond motifs is 1. The van der Waals surface area contributed by atoms with Gasteiger partial charge in [0, 0.05) is 50.0 Å². The van der Waals surface area contributed by atoms with Gasteiger partial charge < -0.3 is 20.3 Å². The zero-order valence-electron chi connectivity index (χ0n) is 15.9. The summed E-state index contributed by atoms with van der Waals surface area (Å²) in [5.74, 6) is 0.909. The molecule has 2 N–H and O–H groups in total. The monoisotopic (exact) mass is 440 g/mol. The number of thioether (sulfide) groups is 1. The van der Waals surface area contributed by atoms with E-state index in [1.54, 1.807) is 18.9 Å². The number of piperazine rings is 1. The Kier molecular flexibility index (Phi) is 7.23. The normalized spacial score (nSPS) is 19.3. The topological polar surface area (TPSA) is 45.0 Å². The summed E-state index contributed by atoms with van der Waals surface area (Å²) in [5.41, 5.74) is 8.76. The molecule has 2 aliphatic rings. The van der Waals surface area contributed by atoms with Crippen LogP contribution in [0, 0.1) is 0 Å². The van der Waals surface area contributed by atoms with E-state index in [1.807, 2.05) is 24.3 Å². The minimum atomic E-state index is -0.0494. The van der Waals surface area contributed by atoms with Crippen molar-refractivity contribution >= 4 is 47.1 Å². The first kappa shape index (κ1) is 21.4. The van der Waals surface area contributed by atoms with Gasteiger partial charge in [0.1, 0.15) is 11.2 Å². The van der Waals surface area contributed by atoms with E-state index < -0.39 is 0 Å². The van der Waals surface area contributed by atoms with Crippen molar-refractivity contribution in [2.45, 2.75) is 10.4 Å². The highest BCUT2D eigenvalue weighted by molar-refractivity contribution is 8.00. The Balaban J connectivity index is 0.00000225. The first-order valence-corrected chi connectivity index (χ1v) is 10.5. The molecular formula is C20H26Cl2N4OS. The molecule has 2 aromatic carbocycles. The van der Waals surface area contributed by atoms with Crippen LogP contribution in [0.1, 0.15) is 0 Å². The van der Waals surface area contributed by atoms with Crippen LogP contribution in [0.4, 0.5) is 11.4 Å². The van der Waals surface area contributed by atoms with Gasteiger partial charge >= 0.3 is 0 Å². The molecule has 0 amide bonds. The lowest BCUT2D eigenvalue weighted by Crippen LogP contribution is -2.49. The fourth-order valence-electron chi connectivity index (χ4n) is 3.71. The van der Waals surface area contributed by atoms with Crippen molar-refractivity contribution in [3.05, 3.63) is 47.5 Å². The summed E-state index contributed by atoms with van der Waals surface area (Å²) in [5, 5.41) is 0.786. The Labute approximate surface area is 182 Å². The highest BCUT2D eigenvalue weighted by Crippen LogP contribution is 2.46. The number of halogens is 2. The number of hydrogen-bond acceptors (Lipinski definition) is 6. The molecule has 0 bridgehead atoms. The van der Waals surface area contributed by atoms with Gasteiger partial charge in [-0.15, -0.1) is 12.4 Å². The summed E-state index contributed by atoms with van der Waals surface area (Å²) >= 11 is 7.67. The van der Waals surface area contributed by atoms with Crippen molar-refractivity contribution < 1.29 is 4.74 Å². The van der Waals surface area contributed by atoms with Gasteiger partial charge in [0.15, 0.2) is 0 Å². The predicted octanol–water partition coefficient (Wildman–Crippen LogP) is 3.75. The third-order valence-corrected chi connectivity index (χ3v) is 6.65. The zero-order chi connectivity index (χ0) is 18.8. The molecular weight excluding hydrogens is 415 g/mol. The molecule has 1 saturated heterocycles. The van der Waals surface area contributed by atoms with Crippen molar-refractivity contribution in [1.82, 2.24) is 4.90 Å². The third kappa shape index (κ3) is 4.47. The minimum Gasteiger partial charge on any atom is -0.496 e. The number of anilines is 2. The van der Waals surface area contributed by atoms with Crippen LogP contribution in [-0.4, -0.2) is 56.8 Å². The fourth-order valence-corrected chi connectivity index (χ4v) is 5.00. The summed E-state index contributed by atoms with van der Waals surface area (Å²) in [6.07, 6.45) is 0. The highest BCUT2D eigenvalue weighted by atomic mass is 35.5. The average Bonchev–Trinajstić information content (AvgIpc) is 3.02. The van der Waals surface area contributed by atoms with Crippen LogP contribution < -0.4 is 20.3 Å². The van der Waals surface area contributed by atoms with Crippen molar-refractivity contribution in [2.24, 2.45) is 5.73 Å². The van der Waals surface area contributed by atoms with E-state index in [2.05, 4.69) is 32.9 Å². The van der Waals surface area contributed by atoms with Crippen molar-refractivity contribution in [1.29, 1.82) is 0 Å². The summed E-state index contributed by atoms with van der Waals surface area (Å²) in [6.45, 7) is 6.13. The molecule has 1 atom stereocenters. The average molecular weight is 441 g/mol. The van der Waals surface area contributed by atoms with Crippen LogP contribution in [0.3, 0.4) is 0 Å². The maximum atomic E-state index is 6.37. The van der Waals surface area contributed by atoms with Gasteiger partial charge in [-0.1, -0.05) is 29.4 Å². The van der Waals surface area contributed by atoms with Crippen LogP contribution in [0.5, 0.6) is 5.75 Å². The quantitative estimate of drug-likeness (QED) is 0.763. The molecule has 5 nitrogen and oxygen atoms in total. The number of nitrogens with two attached hydrogens (primary N) is 1. The van der Waals surface area contributed by atoms with E-state index in [9.17, 15) is 0 Å². The van der Waals surface area contributed by atoms with Gasteiger partial charge in [0.2, 0.25) is 0 Å². The van der Waals surface area contributed by atoms with Crippen LogP contribution >= 0.6 is 35.8 Å². The molecule has 8 heteroatoms. The Morgan fingerprint density at radius 1 is 1.07 bits per heavy atom. The Morgan fingerprint density at radius 3 is 2.46 bits per heavy atom. The second kappa shape index (κ2) is 9.46. The van der Waals surface area contributed by atoms with E-state index >= 15 is 0 Å². The number of rotatable bonds is 5. The smallest absolute Gasteiger partial charge is 0.134 e. The molecule has 2 heterocycles. The second-order valence-electron chi connectivity index (χ2n) is 6.82. The molecule has 2 aliphatic heterocycles. The van der Waals surface area contributed by atoms with Crippen LogP contribution in [0.15, 0.2) is 47.4 Å². The van der Waals surface area contributed by atoms with Gasteiger partial charge in [-0.05, 0) is 36.4 Å². The zero-order valence-corrected chi connectivity index (χ0v) is 18.3. The summed E-state index contributed by atoms with van der Waals surface area (Å²) in [4.78, 5) is 8.38. The number of benzene rings is 2. The Morgan fingerprint density at radius 2 is 1.79 bits per heavy atom. The number of nitrogens with zero attached hydrogens (tertiary/aromatic N) is 3. The minimum absolute atomic E-state index is 0. The van der Waals surface area contributed by atoms with Gasteiger partial charge in [0.25, 0.3) is 0 Å². The summed E-state index contributed by atoms with van der Waals surface area (Å²) in [7, 11) is 1.71. The summed E-state index contributed by atoms with van der Waals surface area (Å²) in [6, 6.07) is 14.3. The van der Waals surface area contributed by atoms with E-state index in [0.717, 1.165) is 54.9 Å². The molecule has 0 aliphatic carbocycles. The molecule has 0 saturated carbocycles. The lowest BCUT2D eigenvalue weighted by Gasteiger charge is -2.37. The Bertz CT molecular complexity index is 784. The second-order valence-corrected chi connectivity index (χ2v) is 8.38. The van der Waals surface area contributed by atoms with Crippen LogP contribution in [-0.2, 0) is 0 Å². The van der Waals surface area contributed by atoms with Gasteiger partial charge in [-0.25, -0.2) is 0 Å². The predicted molar refractivity (Wildman–Crippen MR) is 122 cm³/mol. The van der Waals surface area contributed by atoms with Crippen molar-refractivity contribution in [3.63, 3.8) is 0 Å². The molecule has 152 valence electrons. The number of methoxy groups -OCH3 is 1. The van der Waals surface area contributed by atoms with E-state index in [0.29, 0.717) is 0 Å². The van der Waals surface area contributed by atoms with Crippen molar-refractivity contribution in [2.75, 3.05) is 56.2 Å². The molecule has 0 spiro atoms. The fraction of sp³-hybridized carbons (Fsp3) is 0.400. The SMILES string of the molecule is COc1cccc2c1SC(N)N2CCN1CCN(c2ccc(Cl)cc2)CC1.Cl. The molecule has 28 heavy (non-hydrogen) atoms. The molecule has 1 unspecified atom stereocenters. The van der Waals surface area contributed by atoms with E-state index in [1.165, 1.54) is 11.4 Å². The lowest BCUT2D eigenvalue weighted by atomic mass is 10.2. The first-order valence-electron chi connectivity index (χ1n) is 9.24. The first-order chi connectivity index (χ1) is 13.2. The molecule has 2 aromatic rings. The van der Waals surface area contributed by atoms with E-state index in [-0.39, 0.29) is 17.9 Å². The van der Waals surface area contributed by atoms with Crippen molar-refractivity contribution in [3.8, 4) is 5.75 Å². The lowest BCUT2D eigenvalue weighted by molar-refractivity contribution is 0.262. The van der Waals surface area contributed by atoms with Crippen LogP contribution in [0.25, 0.3) is 0 Å². The van der Waals surface area contributed by atoms with Crippen LogP contribution in [0.2, 0.25) is 5.02 Å². The standard InChI is InChI=1S/C20H25ClN4OS.ClH/c1-26-18-4-2-3-17-19(18)27-20(22)25(17)14-11-23-9-12-24(13-10-23)16-7-5-15(21)6-8-16;/h2-8,20H,9-14,22H2,1H3;1H. The molecule has 1 fully saturated rings. The summed E-state index contributed by atoms with van der Waals surface area (Å²) < 4.78 is 5.48. The molecule has 0 aromatic heterocycles. The maximum absolute atomic E-state index is 6.37. The number of ether oxygens (including phenoxy) is 1. The Hall–Kier alpha value is -1.31. The van der Waals surface area contributed by atoms with Gasteiger partial charge in [0.05, 0.1) is 17.7 Å². The molecule has 0 radical (unpaired) electrons. The highest BCUT2D eigenvalue weighted by Gasteiger charge is 2.30. The largest absolute Gasteiger partial charge is 0.496 e. The van der Waals surface area contributed by atoms with Gasteiger partial charge in [-0.2, -0.15) is 0 Å². The number of hydrogen-bond donors (Lipinski definition) is 1. The van der Waals surface area contributed by atoms with E-state index in [4.69, 9.17) is 22.1 Å². The molecule has 4 rings (SSSR count). The third-order valence-electron chi connectivity index (χ3n) is 5.25. The maximum Gasteiger partial charge on any atom is 0.134 e.